The Morgan fingerprint density at radius 1 is 1.08 bits per heavy atom. The molecule has 1 unspecified atom stereocenters. The van der Waals surface area contributed by atoms with E-state index in [9.17, 15) is 19.5 Å². The molecular formula is C19H20N2O5. The minimum atomic E-state index is -2.51. The van der Waals surface area contributed by atoms with Crippen LogP contribution >= 0.6 is 0 Å². The molecule has 0 bridgehead atoms. The van der Waals surface area contributed by atoms with Crippen LogP contribution in [0.15, 0.2) is 54.6 Å². The summed E-state index contributed by atoms with van der Waals surface area (Å²) in [6.45, 7) is 1.81. The maximum atomic E-state index is 12.5. The number of ketones is 1. The molecule has 0 heterocycles. The zero-order valence-electron chi connectivity index (χ0n) is 14.3. The van der Waals surface area contributed by atoms with Crippen LogP contribution in [-0.4, -0.2) is 28.5 Å². The summed E-state index contributed by atoms with van der Waals surface area (Å²) in [4.78, 5) is 36.9. The number of carboxylic acid groups (broad SMARTS) is 1. The number of nitrogens with one attached hydrogen (secondary N) is 1. The first kappa shape index (κ1) is 19.1. The van der Waals surface area contributed by atoms with E-state index in [1.165, 1.54) is 31.2 Å². The third kappa shape index (κ3) is 4.07. The predicted molar refractivity (Wildman–Crippen MR) is 94.5 cm³/mol. The fraction of sp³-hybridized carbons (Fsp3) is 0.211. The van der Waals surface area contributed by atoms with Gasteiger partial charge in [0.2, 0.25) is 5.78 Å². The van der Waals surface area contributed by atoms with Gasteiger partial charge < -0.3 is 15.6 Å². The van der Waals surface area contributed by atoms with Crippen molar-refractivity contribution < 1.29 is 24.2 Å². The van der Waals surface area contributed by atoms with E-state index in [0.29, 0.717) is 6.54 Å². The highest BCUT2D eigenvalue weighted by atomic mass is 16.5. The molecule has 26 heavy (non-hydrogen) atoms. The van der Waals surface area contributed by atoms with Crippen LogP contribution in [0.25, 0.3) is 0 Å². The Labute approximate surface area is 150 Å². The lowest BCUT2D eigenvalue weighted by Crippen LogP contribution is -2.64. The summed E-state index contributed by atoms with van der Waals surface area (Å²) in [5.41, 5.74) is 4.01. The highest BCUT2D eigenvalue weighted by molar-refractivity contribution is 6.10. The monoisotopic (exact) mass is 356 g/mol. The van der Waals surface area contributed by atoms with Crippen LogP contribution in [0.1, 0.15) is 29.3 Å². The van der Waals surface area contributed by atoms with Crippen molar-refractivity contribution in [2.45, 2.75) is 25.6 Å². The molecule has 7 heteroatoms. The van der Waals surface area contributed by atoms with Crippen molar-refractivity contribution in [3.63, 3.8) is 0 Å². The van der Waals surface area contributed by atoms with Gasteiger partial charge in [0.05, 0.1) is 0 Å². The number of aliphatic carboxylic acids is 1. The van der Waals surface area contributed by atoms with E-state index in [-0.39, 0.29) is 17.7 Å². The number of ether oxygens (including phenoxy) is 1. The standard InChI is InChI=1S/C19H20N2O5/c1-2-16(22)19(18(24)25,26-15-6-4-3-5-7-15)21-17(23)14-10-8-13(12-20)9-11-14/h3-11H,2,12,20H2,1H3,(H,21,23)(H,24,25). The van der Waals surface area contributed by atoms with Gasteiger partial charge in [0.25, 0.3) is 5.91 Å². The lowest BCUT2D eigenvalue weighted by molar-refractivity contribution is -0.164. The lowest BCUT2D eigenvalue weighted by atomic mass is 10.0. The van der Waals surface area contributed by atoms with E-state index >= 15 is 0 Å². The number of amides is 1. The van der Waals surface area contributed by atoms with Gasteiger partial charge in [-0.3, -0.25) is 14.9 Å². The van der Waals surface area contributed by atoms with Crippen LogP contribution < -0.4 is 15.8 Å². The van der Waals surface area contributed by atoms with Crippen molar-refractivity contribution in [1.29, 1.82) is 0 Å². The van der Waals surface area contributed by atoms with Gasteiger partial charge in [-0.2, -0.15) is 0 Å². The third-order valence-corrected chi connectivity index (χ3v) is 3.77. The van der Waals surface area contributed by atoms with Gasteiger partial charge in [-0.25, -0.2) is 4.79 Å². The normalized spacial score (nSPS) is 12.7. The van der Waals surface area contributed by atoms with Crippen LogP contribution in [0.4, 0.5) is 0 Å². The van der Waals surface area contributed by atoms with Gasteiger partial charge in [-0.1, -0.05) is 37.3 Å². The Kier molecular flexibility index (Phi) is 6.08. The number of Topliss-reactive ketones (excluding diaryl/α,β-unsaturated/α-hetero) is 1. The van der Waals surface area contributed by atoms with Crippen LogP contribution in [0.3, 0.4) is 0 Å². The second-order valence-electron chi connectivity index (χ2n) is 5.53. The largest absolute Gasteiger partial charge is 0.476 e. The van der Waals surface area contributed by atoms with Gasteiger partial charge in [0, 0.05) is 18.5 Å². The number of rotatable bonds is 8. The van der Waals surface area contributed by atoms with Gasteiger partial charge in [-0.15, -0.1) is 0 Å². The van der Waals surface area contributed by atoms with E-state index < -0.39 is 23.4 Å². The number of nitrogens with two attached hydrogens (primary N) is 1. The van der Waals surface area contributed by atoms with Crippen molar-refractivity contribution in [1.82, 2.24) is 5.32 Å². The smallest absolute Gasteiger partial charge is 0.378 e. The Bertz CT molecular complexity index is 789. The molecule has 4 N–H and O–H groups in total. The van der Waals surface area contributed by atoms with Crippen LogP contribution in [0.2, 0.25) is 0 Å². The quantitative estimate of drug-likeness (QED) is 0.489. The topological polar surface area (TPSA) is 119 Å². The van der Waals surface area contributed by atoms with Gasteiger partial charge >= 0.3 is 11.7 Å². The van der Waals surface area contributed by atoms with Gasteiger partial charge in [-0.05, 0) is 29.8 Å². The average molecular weight is 356 g/mol. The van der Waals surface area contributed by atoms with Crippen molar-refractivity contribution in [3.05, 3.63) is 65.7 Å². The first-order chi connectivity index (χ1) is 12.4. The minimum absolute atomic E-state index is 0.133. The molecule has 0 saturated carbocycles. The number of benzene rings is 2. The first-order valence-electron chi connectivity index (χ1n) is 8.05. The molecule has 1 atom stereocenters. The van der Waals surface area contributed by atoms with E-state index in [1.54, 1.807) is 30.3 Å². The zero-order chi connectivity index (χ0) is 19.2. The van der Waals surface area contributed by atoms with Gasteiger partial charge in [0.15, 0.2) is 0 Å². The molecule has 7 nitrogen and oxygen atoms in total. The van der Waals surface area contributed by atoms with E-state index in [0.717, 1.165) is 5.56 Å². The lowest BCUT2D eigenvalue weighted by Gasteiger charge is -2.29. The predicted octanol–water partition coefficient (Wildman–Crippen LogP) is 1.71. The number of para-hydroxylation sites is 1. The van der Waals surface area contributed by atoms with Crippen LogP contribution in [-0.2, 0) is 16.1 Å². The molecule has 0 fully saturated rings. The molecule has 0 radical (unpaired) electrons. The summed E-state index contributed by atoms with van der Waals surface area (Å²) >= 11 is 0. The molecule has 2 aromatic carbocycles. The van der Waals surface area contributed by atoms with Crippen molar-refractivity contribution in [2.24, 2.45) is 5.73 Å². The Morgan fingerprint density at radius 2 is 1.69 bits per heavy atom. The fourth-order valence-electron chi connectivity index (χ4n) is 2.31. The molecule has 2 aromatic rings. The van der Waals surface area contributed by atoms with Crippen LogP contribution in [0, 0.1) is 0 Å². The Balaban J connectivity index is 2.37. The van der Waals surface area contributed by atoms with Gasteiger partial charge in [0.1, 0.15) is 5.75 Å². The third-order valence-electron chi connectivity index (χ3n) is 3.77. The molecule has 2 rings (SSSR count). The summed E-state index contributed by atoms with van der Waals surface area (Å²) in [5, 5.41) is 11.9. The number of hydrogen-bond acceptors (Lipinski definition) is 5. The average Bonchev–Trinajstić information content (AvgIpc) is 2.67. The molecular weight excluding hydrogens is 336 g/mol. The summed E-state index contributed by atoms with van der Waals surface area (Å²) < 4.78 is 5.45. The highest BCUT2D eigenvalue weighted by Crippen LogP contribution is 2.20. The number of hydrogen-bond donors (Lipinski definition) is 3. The van der Waals surface area contributed by atoms with Crippen molar-refractivity contribution in [3.8, 4) is 5.75 Å². The zero-order valence-corrected chi connectivity index (χ0v) is 14.3. The molecule has 0 spiro atoms. The SMILES string of the molecule is CCC(=O)C(NC(=O)c1ccc(CN)cc1)(Oc1ccccc1)C(=O)O. The molecule has 0 saturated heterocycles. The number of carbonyl (C=O) groups excluding carboxylic acids is 2. The fourth-order valence-corrected chi connectivity index (χ4v) is 2.31. The number of carboxylic acids is 1. The Hall–Kier alpha value is -3.19. The Morgan fingerprint density at radius 3 is 2.19 bits per heavy atom. The van der Waals surface area contributed by atoms with E-state index in [1.807, 2.05) is 0 Å². The van der Waals surface area contributed by atoms with Crippen LogP contribution in [0.5, 0.6) is 5.75 Å². The molecule has 0 aliphatic heterocycles. The number of carbonyl (C=O) groups is 3. The second-order valence-corrected chi connectivity index (χ2v) is 5.53. The summed E-state index contributed by atoms with van der Waals surface area (Å²) in [7, 11) is 0. The molecule has 1 amide bonds. The summed E-state index contributed by atoms with van der Waals surface area (Å²) in [6, 6.07) is 14.3. The molecule has 0 aromatic heterocycles. The second kappa shape index (κ2) is 8.26. The molecule has 136 valence electrons. The maximum absolute atomic E-state index is 12.5. The van der Waals surface area contributed by atoms with Crippen molar-refractivity contribution in [2.75, 3.05) is 0 Å². The van der Waals surface area contributed by atoms with Crippen molar-refractivity contribution >= 4 is 17.7 Å². The summed E-state index contributed by atoms with van der Waals surface area (Å²) in [5.74, 6) is -2.97. The molecule has 0 aliphatic rings. The first-order valence-corrected chi connectivity index (χ1v) is 8.05. The van der Waals surface area contributed by atoms with E-state index in [2.05, 4.69) is 5.32 Å². The van der Waals surface area contributed by atoms with E-state index in [4.69, 9.17) is 10.5 Å². The summed E-state index contributed by atoms with van der Waals surface area (Å²) in [6.07, 6.45) is -0.133. The minimum Gasteiger partial charge on any atom is -0.476 e. The molecule has 0 aliphatic carbocycles. The highest BCUT2D eigenvalue weighted by Gasteiger charge is 2.49. The maximum Gasteiger partial charge on any atom is 0.378 e.